The molecule has 0 aliphatic carbocycles. The molecule has 0 radical (unpaired) electrons. The molecule has 3 aromatic rings. The predicted molar refractivity (Wildman–Crippen MR) is 124 cm³/mol. The maximum absolute atomic E-state index is 13.1. The van der Waals surface area contributed by atoms with Crippen LogP contribution in [0.5, 0.6) is 0 Å². The largest absolute Gasteiger partial charge is 0.507 e. The maximum Gasteiger partial charge on any atom is 0.295 e. The molecule has 5 heteroatoms. The van der Waals surface area contributed by atoms with Gasteiger partial charge >= 0.3 is 0 Å². The number of nitrogens with zero attached hydrogens (tertiary/aromatic N) is 2. The molecule has 2 aromatic carbocycles. The SMILES string of the molecule is CCc1ccc(/C(O)=C2\C(=O)C(=O)N(Cc3cc(C)ccc3C)C2c2cccnc2)cc1. The molecule has 32 heavy (non-hydrogen) atoms. The maximum atomic E-state index is 13.1. The second kappa shape index (κ2) is 8.79. The molecule has 1 atom stereocenters. The van der Waals surface area contributed by atoms with E-state index >= 15 is 0 Å². The Hall–Kier alpha value is -3.73. The predicted octanol–water partition coefficient (Wildman–Crippen LogP) is 4.88. The van der Waals surface area contributed by atoms with Crippen LogP contribution < -0.4 is 0 Å². The molecule has 1 aromatic heterocycles. The smallest absolute Gasteiger partial charge is 0.295 e. The number of amides is 1. The molecule has 1 aliphatic rings. The zero-order valence-corrected chi connectivity index (χ0v) is 18.5. The Kier molecular flexibility index (Phi) is 5.91. The van der Waals surface area contributed by atoms with Crippen LogP contribution in [-0.2, 0) is 22.6 Å². The number of carbonyl (C=O) groups excluding carboxylic acids is 2. The highest BCUT2D eigenvalue weighted by Crippen LogP contribution is 2.40. The van der Waals surface area contributed by atoms with Crippen molar-refractivity contribution in [2.24, 2.45) is 0 Å². The van der Waals surface area contributed by atoms with Gasteiger partial charge in [0.1, 0.15) is 5.76 Å². The fourth-order valence-corrected chi connectivity index (χ4v) is 4.14. The summed E-state index contributed by atoms with van der Waals surface area (Å²) in [6, 6.07) is 16.3. The standard InChI is InChI=1S/C27H26N2O3/c1-4-19-9-11-20(12-10-19)25(30)23-24(21-6-5-13-28-15-21)29(27(32)26(23)31)16-22-14-17(2)7-8-18(22)3/h5-15,24,30H,4,16H2,1-3H3/b25-23+. The van der Waals surface area contributed by atoms with E-state index in [1.165, 1.54) is 4.90 Å². The van der Waals surface area contributed by atoms with Gasteiger partial charge in [-0.2, -0.15) is 0 Å². The van der Waals surface area contributed by atoms with Gasteiger partial charge in [-0.1, -0.05) is 61.0 Å². The molecule has 1 saturated heterocycles. The van der Waals surface area contributed by atoms with Crippen LogP contribution in [0, 0.1) is 13.8 Å². The minimum atomic E-state index is -0.713. The number of likely N-dealkylation sites (tertiary alicyclic amines) is 1. The lowest BCUT2D eigenvalue weighted by molar-refractivity contribution is -0.140. The molecule has 4 rings (SSSR count). The summed E-state index contributed by atoms with van der Waals surface area (Å²) in [6.45, 7) is 6.30. The molecule has 1 unspecified atom stereocenters. The van der Waals surface area contributed by atoms with Crippen molar-refractivity contribution in [3.63, 3.8) is 0 Å². The highest BCUT2D eigenvalue weighted by molar-refractivity contribution is 6.46. The quantitative estimate of drug-likeness (QED) is 0.359. The zero-order chi connectivity index (χ0) is 22.8. The Morgan fingerprint density at radius 3 is 2.47 bits per heavy atom. The fraction of sp³-hybridized carbons (Fsp3) is 0.222. The number of aromatic nitrogens is 1. The zero-order valence-electron chi connectivity index (χ0n) is 18.5. The number of aryl methyl sites for hydroxylation is 3. The first-order chi connectivity index (χ1) is 15.4. The topological polar surface area (TPSA) is 70.5 Å². The van der Waals surface area contributed by atoms with E-state index in [1.54, 1.807) is 30.6 Å². The van der Waals surface area contributed by atoms with E-state index in [4.69, 9.17) is 0 Å². The second-order valence-corrected chi connectivity index (χ2v) is 8.19. The van der Waals surface area contributed by atoms with Crippen LogP contribution in [0.1, 0.15) is 46.3 Å². The summed E-state index contributed by atoms with van der Waals surface area (Å²) in [5.41, 5.74) is 5.50. The third-order valence-electron chi connectivity index (χ3n) is 6.02. The number of rotatable bonds is 5. The van der Waals surface area contributed by atoms with E-state index in [2.05, 4.69) is 11.9 Å². The third kappa shape index (κ3) is 3.94. The Labute approximate surface area is 188 Å². The first kappa shape index (κ1) is 21.5. The Bertz CT molecular complexity index is 1200. The number of hydrogen-bond acceptors (Lipinski definition) is 4. The summed E-state index contributed by atoms with van der Waals surface area (Å²) >= 11 is 0. The van der Waals surface area contributed by atoms with Crippen molar-refractivity contribution in [1.82, 2.24) is 9.88 Å². The van der Waals surface area contributed by atoms with Crippen LogP contribution in [0.25, 0.3) is 5.76 Å². The average molecular weight is 427 g/mol. The lowest BCUT2D eigenvalue weighted by atomic mass is 9.95. The Balaban J connectivity index is 1.84. The summed E-state index contributed by atoms with van der Waals surface area (Å²) in [7, 11) is 0. The molecule has 1 N–H and O–H groups in total. The number of aliphatic hydroxyl groups excluding tert-OH is 1. The number of aliphatic hydroxyl groups is 1. The van der Waals surface area contributed by atoms with Crippen LogP contribution in [0.4, 0.5) is 0 Å². The number of Topliss-reactive ketones (excluding diaryl/α,β-unsaturated/α-hetero) is 1. The van der Waals surface area contributed by atoms with Gasteiger partial charge in [-0.3, -0.25) is 14.6 Å². The molecular formula is C27H26N2O3. The average Bonchev–Trinajstić information content (AvgIpc) is 3.06. The van der Waals surface area contributed by atoms with E-state index in [0.29, 0.717) is 11.1 Å². The van der Waals surface area contributed by atoms with Gasteiger partial charge in [0.15, 0.2) is 0 Å². The molecule has 1 fully saturated rings. The van der Waals surface area contributed by atoms with Crippen molar-refractivity contribution >= 4 is 17.4 Å². The van der Waals surface area contributed by atoms with Crippen LogP contribution >= 0.6 is 0 Å². The third-order valence-corrected chi connectivity index (χ3v) is 6.02. The van der Waals surface area contributed by atoms with Crippen molar-refractivity contribution in [3.05, 3.63) is 106 Å². The molecule has 1 amide bonds. The number of benzene rings is 2. The monoisotopic (exact) mass is 426 g/mol. The van der Waals surface area contributed by atoms with E-state index < -0.39 is 17.7 Å². The molecule has 162 valence electrons. The second-order valence-electron chi connectivity index (χ2n) is 8.19. The van der Waals surface area contributed by atoms with Gasteiger partial charge in [0.2, 0.25) is 0 Å². The summed E-state index contributed by atoms with van der Waals surface area (Å²) in [5, 5.41) is 11.1. The Morgan fingerprint density at radius 2 is 1.81 bits per heavy atom. The lowest BCUT2D eigenvalue weighted by Gasteiger charge is -2.26. The molecule has 1 aliphatic heterocycles. The molecule has 2 heterocycles. The van der Waals surface area contributed by atoms with E-state index in [-0.39, 0.29) is 17.9 Å². The van der Waals surface area contributed by atoms with Gasteiger partial charge < -0.3 is 10.0 Å². The van der Waals surface area contributed by atoms with Crippen molar-refractivity contribution in [2.75, 3.05) is 0 Å². The molecule has 5 nitrogen and oxygen atoms in total. The molecule has 0 bridgehead atoms. The van der Waals surface area contributed by atoms with E-state index in [1.807, 2.05) is 50.2 Å². The number of hydrogen-bond donors (Lipinski definition) is 1. The normalized spacial score (nSPS) is 17.7. The first-order valence-electron chi connectivity index (χ1n) is 10.7. The van der Waals surface area contributed by atoms with Gasteiger partial charge in [0.05, 0.1) is 11.6 Å². The van der Waals surface area contributed by atoms with Gasteiger partial charge in [0.25, 0.3) is 11.7 Å². The van der Waals surface area contributed by atoms with Crippen molar-refractivity contribution in [1.29, 1.82) is 0 Å². The highest BCUT2D eigenvalue weighted by Gasteiger charge is 2.46. The summed E-state index contributed by atoms with van der Waals surface area (Å²) in [6.07, 6.45) is 4.15. The van der Waals surface area contributed by atoms with Crippen molar-refractivity contribution < 1.29 is 14.7 Å². The van der Waals surface area contributed by atoms with Crippen molar-refractivity contribution in [2.45, 2.75) is 39.8 Å². The van der Waals surface area contributed by atoms with Crippen LogP contribution in [0.2, 0.25) is 0 Å². The molecule has 0 spiro atoms. The lowest BCUT2D eigenvalue weighted by Crippen LogP contribution is -2.29. The number of carbonyl (C=O) groups is 2. The minimum Gasteiger partial charge on any atom is -0.507 e. The number of pyridine rings is 1. The van der Waals surface area contributed by atoms with Crippen molar-refractivity contribution in [3.8, 4) is 0 Å². The first-order valence-corrected chi connectivity index (χ1v) is 10.7. The molecule has 0 saturated carbocycles. The fourth-order valence-electron chi connectivity index (χ4n) is 4.14. The van der Waals surface area contributed by atoms with Crippen LogP contribution in [0.3, 0.4) is 0 Å². The van der Waals surface area contributed by atoms with E-state index in [9.17, 15) is 14.7 Å². The van der Waals surface area contributed by atoms with E-state index in [0.717, 1.165) is 28.7 Å². The van der Waals surface area contributed by atoms with Crippen LogP contribution in [0.15, 0.2) is 72.6 Å². The summed E-state index contributed by atoms with van der Waals surface area (Å²) in [4.78, 5) is 32.0. The van der Waals surface area contributed by atoms with Gasteiger partial charge in [-0.15, -0.1) is 0 Å². The minimum absolute atomic E-state index is 0.0950. The van der Waals surface area contributed by atoms with Gasteiger partial charge in [-0.25, -0.2) is 0 Å². The van der Waals surface area contributed by atoms with Gasteiger partial charge in [0, 0.05) is 24.5 Å². The molecular weight excluding hydrogens is 400 g/mol. The van der Waals surface area contributed by atoms with Crippen LogP contribution in [-0.4, -0.2) is 26.7 Å². The Morgan fingerprint density at radius 1 is 1.06 bits per heavy atom. The highest BCUT2D eigenvalue weighted by atomic mass is 16.3. The summed E-state index contributed by atoms with van der Waals surface area (Å²) in [5.74, 6) is -1.46. The number of ketones is 1. The van der Waals surface area contributed by atoms with Gasteiger partial charge in [-0.05, 0) is 48.6 Å². The summed E-state index contributed by atoms with van der Waals surface area (Å²) < 4.78 is 0.